The Morgan fingerprint density at radius 2 is 1.50 bits per heavy atom. The van der Waals surface area contributed by atoms with Crippen molar-refractivity contribution in [1.29, 1.82) is 0 Å². The molecule has 2 aromatic carbocycles. The molecule has 2 aromatic rings. The van der Waals surface area contributed by atoms with E-state index >= 15 is 0 Å². The molecule has 0 aliphatic carbocycles. The first kappa shape index (κ1) is 17.2. The number of para-hydroxylation sites is 2. The molecule has 2 N–H and O–H groups in total. The number of amides is 1. The van der Waals surface area contributed by atoms with Gasteiger partial charge in [-0.25, -0.2) is 4.79 Å². The van der Waals surface area contributed by atoms with Gasteiger partial charge in [0.25, 0.3) is 0 Å². The van der Waals surface area contributed by atoms with Gasteiger partial charge in [-0.05, 0) is 31.2 Å². The molecule has 0 bridgehead atoms. The third kappa shape index (κ3) is 4.19. The first-order valence-corrected chi connectivity index (χ1v) is 7.34. The summed E-state index contributed by atoms with van der Waals surface area (Å²) in [6.07, 6.45) is 0. The molecule has 0 fully saturated rings. The van der Waals surface area contributed by atoms with Crippen molar-refractivity contribution in [3.63, 3.8) is 0 Å². The number of benzene rings is 2. The fourth-order valence-electron chi connectivity index (χ4n) is 2.19. The average Bonchev–Trinajstić information content (AvgIpc) is 2.59. The molecule has 0 spiro atoms. The Kier molecular flexibility index (Phi) is 5.68. The van der Waals surface area contributed by atoms with Crippen molar-refractivity contribution in [2.45, 2.75) is 6.92 Å². The van der Waals surface area contributed by atoms with Gasteiger partial charge in [0.15, 0.2) is 5.78 Å². The highest BCUT2D eigenvalue weighted by Gasteiger charge is 2.13. The maximum Gasteiger partial charge on any atom is 0.339 e. The number of hydrogen-bond acceptors (Lipinski definition) is 5. The van der Waals surface area contributed by atoms with Crippen LogP contribution in [0.4, 0.5) is 11.4 Å². The van der Waals surface area contributed by atoms with Gasteiger partial charge in [0.2, 0.25) is 5.91 Å². The van der Waals surface area contributed by atoms with Gasteiger partial charge in [-0.2, -0.15) is 0 Å². The van der Waals surface area contributed by atoms with Crippen molar-refractivity contribution in [1.82, 2.24) is 0 Å². The fourth-order valence-corrected chi connectivity index (χ4v) is 2.19. The second kappa shape index (κ2) is 7.92. The van der Waals surface area contributed by atoms with Gasteiger partial charge in [0.05, 0.1) is 24.9 Å². The molecule has 6 nitrogen and oxygen atoms in total. The summed E-state index contributed by atoms with van der Waals surface area (Å²) in [6, 6.07) is 13.5. The zero-order chi connectivity index (χ0) is 17.5. The van der Waals surface area contributed by atoms with E-state index in [-0.39, 0.29) is 18.2 Å². The van der Waals surface area contributed by atoms with Crippen LogP contribution >= 0.6 is 0 Å². The molecule has 0 atom stereocenters. The minimum atomic E-state index is -0.486. The van der Waals surface area contributed by atoms with E-state index in [0.717, 1.165) is 0 Å². The van der Waals surface area contributed by atoms with E-state index in [0.29, 0.717) is 22.5 Å². The summed E-state index contributed by atoms with van der Waals surface area (Å²) in [7, 11) is 1.30. The first-order valence-electron chi connectivity index (χ1n) is 7.34. The largest absolute Gasteiger partial charge is 0.465 e. The predicted molar refractivity (Wildman–Crippen MR) is 91.3 cm³/mol. The molecule has 1 amide bonds. The van der Waals surface area contributed by atoms with Crippen molar-refractivity contribution in [2.75, 3.05) is 24.3 Å². The monoisotopic (exact) mass is 326 g/mol. The van der Waals surface area contributed by atoms with Crippen LogP contribution in [0.15, 0.2) is 48.5 Å². The Morgan fingerprint density at radius 3 is 2.12 bits per heavy atom. The molecule has 0 aromatic heterocycles. The van der Waals surface area contributed by atoms with Gasteiger partial charge in [-0.1, -0.05) is 24.3 Å². The van der Waals surface area contributed by atoms with E-state index in [2.05, 4.69) is 10.6 Å². The van der Waals surface area contributed by atoms with Crippen molar-refractivity contribution in [3.8, 4) is 0 Å². The maximum absolute atomic E-state index is 12.1. The number of anilines is 2. The van der Waals surface area contributed by atoms with Crippen molar-refractivity contribution in [2.24, 2.45) is 0 Å². The summed E-state index contributed by atoms with van der Waals surface area (Å²) in [6.45, 7) is 1.39. The van der Waals surface area contributed by atoms with Crippen LogP contribution in [0.2, 0.25) is 0 Å². The number of Topliss-reactive ketones (excluding diaryl/α,β-unsaturated/α-hetero) is 1. The molecular weight excluding hydrogens is 308 g/mol. The zero-order valence-corrected chi connectivity index (χ0v) is 13.5. The highest BCUT2D eigenvalue weighted by Crippen LogP contribution is 2.17. The summed E-state index contributed by atoms with van der Waals surface area (Å²) in [4.78, 5) is 35.4. The van der Waals surface area contributed by atoms with Crippen molar-refractivity contribution < 1.29 is 19.1 Å². The minimum absolute atomic E-state index is 0.0553. The topological polar surface area (TPSA) is 84.5 Å². The van der Waals surface area contributed by atoms with Crippen LogP contribution in [-0.2, 0) is 9.53 Å². The van der Waals surface area contributed by atoms with Crippen molar-refractivity contribution >= 4 is 29.0 Å². The van der Waals surface area contributed by atoms with Crippen LogP contribution in [-0.4, -0.2) is 31.3 Å². The lowest BCUT2D eigenvalue weighted by Crippen LogP contribution is -2.23. The number of hydrogen-bond donors (Lipinski definition) is 2. The second-order valence-electron chi connectivity index (χ2n) is 5.04. The van der Waals surface area contributed by atoms with Crippen LogP contribution in [0.1, 0.15) is 27.6 Å². The van der Waals surface area contributed by atoms with E-state index in [1.807, 2.05) is 0 Å². The summed E-state index contributed by atoms with van der Waals surface area (Å²) in [5.74, 6) is -0.946. The normalized spacial score (nSPS) is 9.92. The van der Waals surface area contributed by atoms with Gasteiger partial charge in [-0.15, -0.1) is 0 Å². The van der Waals surface area contributed by atoms with E-state index in [1.165, 1.54) is 14.0 Å². The predicted octanol–water partition coefficient (Wildman–Crippen LogP) is 2.73. The van der Waals surface area contributed by atoms with E-state index in [1.54, 1.807) is 48.5 Å². The van der Waals surface area contributed by atoms with Crippen LogP contribution in [0.25, 0.3) is 0 Å². The number of methoxy groups -OCH3 is 1. The first-order chi connectivity index (χ1) is 11.5. The quantitative estimate of drug-likeness (QED) is 0.630. The Balaban J connectivity index is 2.05. The molecule has 0 radical (unpaired) electrons. The van der Waals surface area contributed by atoms with E-state index < -0.39 is 5.97 Å². The maximum atomic E-state index is 12.1. The molecule has 6 heteroatoms. The van der Waals surface area contributed by atoms with Gasteiger partial charge < -0.3 is 15.4 Å². The third-order valence-electron chi connectivity index (χ3n) is 3.35. The molecule has 0 saturated heterocycles. The molecule has 124 valence electrons. The Hall–Kier alpha value is -3.15. The number of ether oxygens (including phenoxy) is 1. The number of carbonyl (C=O) groups is 3. The smallest absolute Gasteiger partial charge is 0.339 e. The lowest BCUT2D eigenvalue weighted by atomic mass is 10.1. The molecule has 24 heavy (non-hydrogen) atoms. The van der Waals surface area contributed by atoms with Crippen LogP contribution < -0.4 is 10.6 Å². The third-order valence-corrected chi connectivity index (χ3v) is 3.35. The van der Waals surface area contributed by atoms with Crippen LogP contribution in [0, 0.1) is 0 Å². The average molecular weight is 326 g/mol. The van der Waals surface area contributed by atoms with Gasteiger partial charge in [0, 0.05) is 11.3 Å². The standard InChI is InChI=1S/C18H18N2O4/c1-12(21)13-7-3-6-10-16(13)20-17(22)11-19-15-9-5-4-8-14(15)18(23)24-2/h3-10,19H,11H2,1-2H3,(H,20,22). The van der Waals surface area contributed by atoms with Crippen LogP contribution in [0.5, 0.6) is 0 Å². The van der Waals surface area contributed by atoms with Crippen molar-refractivity contribution in [3.05, 3.63) is 59.7 Å². The lowest BCUT2D eigenvalue weighted by molar-refractivity contribution is -0.114. The highest BCUT2D eigenvalue weighted by atomic mass is 16.5. The molecular formula is C18H18N2O4. The molecule has 2 rings (SSSR count). The number of rotatable bonds is 6. The van der Waals surface area contributed by atoms with Gasteiger partial charge >= 0.3 is 5.97 Å². The zero-order valence-electron chi connectivity index (χ0n) is 13.5. The Morgan fingerprint density at radius 1 is 0.917 bits per heavy atom. The van der Waals surface area contributed by atoms with E-state index in [4.69, 9.17) is 4.74 Å². The minimum Gasteiger partial charge on any atom is -0.465 e. The molecule has 0 saturated carbocycles. The SMILES string of the molecule is COC(=O)c1ccccc1NCC(=O)Nc1ccccc1C(C)=O. The number of nitrogens with one attached hydrogen (secondary N) is 2. The summed E-state index contributed by atoms with van der Waals surface area (Å²) in [5, 5.41) is 5.59. The number of carbonyl (C=O) groups excluding carboxylic acids is 3. The summed E-state index contributed by atoms with van der Waals surface area (Å²) < 4.78 is 4.70. The number of ketones is 1. The summed E-state index contributed by atoms with van der Waals surface area (Å²) in [5.41, 5.74) is 1.75. The molecule has 0 unspecified atom stereocenters. The Labute approximate surface area is 139 Å². The molecule has 0 heterocycles. The summed E-state index contributed by atoms with van der Waals surface area (Å²) >= 11 is 0. The fraction of sp³-hybridized carbons (Fsp3) is 0.167. The highest BCUT2D eigenvalue weighted by molar-refractivity contribution is 6.04. The number of esters is 1. The molecule has 0 aliphatic rings. The van der Waals surface area contributed by atoms with E-state index in [9.17, 15) is 14.4 Å². The molecule has 0 aliphatic heterocycles. The van der Waals surface area contributed by atoms with Crippen LogP contribution in [0.3, 0.4) is 0 Å². The second-order valence-corrected chi connectivity index (χ2v) is 5.04. The lowest BCUT2D eigenvalue weighted by Gasteiger charge is -2.12. The van der Waals surface area contributed by atoms with Gasteiger partial charge in [-0.3, -0.25) is 9.59 Å². The van der Waals surface area contributed by atoms with Gasteiger partial charge in [0.1, 0.15) is 0 Å². The Bertz CT molecular complexity index is 771.